The molecule has 1 heterocycles. The lowest BCUT2D eigenvalue weighted by Gasteiger charge is -2.46. The van der Waals surface area contributed by atoms with Gasteiger partial charge in [0.2, 0.25) is 11.8 Å². The van der Waals surface area contributed by atoms with Crippen molar-refractivity contribution in [2.24, 2.45) is 11.8 Å². The van der Waals surface area contributed by atoms with Crippen molar-refractivity contribution in [2.75, 3.05) is 0 Å². The van der Waals surface area contributed by atoms with Crippen LogP contribution in [-0.2, 0) is 9.59 Å². The van der Waals surface area contributed by atoms with E-state index in [2.05, 4.69) is 43.6 Å². The SMILES string of the molecule is CCC(C)C1(C(C)CC)CCC(=O)N1C(=O)C(C)Br. The van der Waals surface area contributed by atoms with E-state index in [1.54, 1.807) is 11.8 Å². The molecule has 0 aromatic rings. The molecule has 1 fully saturated rings. The van der Waals surface area contributed by atoms with Crippen LogP contribution in [0.5, 0.6) is 0 Å². The van der Waals surface area contributed by atoms with Gasteiger partial charge in [0.15, 0.2) is 0 Å². The van der Waals surface area contributed by atoms with Crippen molar-refractivity contribution in [1.82, 2.24) is 4.90 Å². The third kappa shape index (κ3) is 2.74. The highest BCUT2D eigenvalue weighted by Crippen LogP contribution is 2.45. The Morgan fingerprint density at radius 3 is 2.11 bits per heavy atom. The van der Waals surface area contributed by atoms with Crippen LogP contribution in [0.1, 0.15) is 60.3 Å². The second-order valence-corrected chi connectivity index (χ2v) is 7.17. The van der Waals surface area contributed by atoms with Crippen molar-refractivity contribution in [3.8, 4) is 0 Å². The topological polar surface area (TPSA) is 37.4 Å². The van der Waals surface area contributed by atoms with Gasteiger partial charge in [-0.1, -0.05) is 56.5 Å². The average Bonchev–Trinajstić information content (AvgIpc) is 2.74. The Morgan fingerprint density at radius 2 is 1.74 bits per heavy atom. The summed E-state index contributed by atoms with van der Waals surface area (Å²) in [5.74, 6) is 0.591. The van der Waals surface area contributed by atoms with Crippen molar-refractivity contribution in [2.45, 2.75) is 70.7 Å². The van der Waals surface area contributed by atoms with Crippen LogP contribution in [0.4, 0.5) is 0 Å². The first kappa shape index (κ1) is 16.7. The molecule has 1 saturated heterocycles. The molecule has 0 aliphatic carbocycles. The summed E-state index contributed by atoms with van der Waals surface area (Å²) in [5, 5.41) is 0. The molecule has 110 valence electrons. The van der Waals surface area contributed by atoms with Gasteiger partial charge in [-0.3, -0.25) is 14.5 Å². The second-order valence-electron chi connectivity index (χ2n) is 5.79. The minimum Gasteiger partial charge on any atom is -0.275 e. The number of alkyl halides is 1. The van der Waals surface area contributed by atoms with Gasteiger partial charge in [0, 0.05) is 6.42 Å². The summed E-state index contributed by atoms with van der Waals surface area (Å²) in [5.41, 5.74) is -0.292. The van der Waals surface area contributed by atoms with Gasteiger partial charge < -0.3 is 0 Å². The molecule has 1 rings (SSSR count). The molecule has 19 heavy (non-hydrogen) atoms. The van der Waals surface area contributed by atoms with E-state index in [-0.39, 0.29) is 22.2 Å². The van der Waals surface area contributed by atoms with Crippen LogP contribution in [0, 0.1) is 11.8 Å². The first-order chi connectivity index (χ1) is 8.82. The van der Waals surface area contributed by atoms with Gasteiger partial charge in [-0.15, -0.1) is 0 Å². The summed E-state index contributed by atoms with van der Waals surface area (Å²) in [7, 11) is 0. The van der Waals surface area contributed by atoms with Gasteiger partial charge in [-0.25, -0.2) is 0 Å². The van der Waals surface area contributed by atoms with Gasteiger partial charge in [-0.05, 0) is 25.2 Å². The largest absolute Gasteiger partial charge is 0.275 e. The van der Waals surface area contributed by atoms with E-state index < -0.39 is 0 Å². The number of carbonyl (C=O) groups excluding carboxylic acids is 2. The number of imide groups is 1. The highest BCUT2D eigenvalue weighted by Gasteiger charge is 2.54. The lowest BCUT2D eigenvalue weighted by atomic mass is 9.71. The number of rotatable bonds is 5. The van der Waals surface area contributed by atoms with Crippen LogP contribution in [-0.4, -0.2) is 27.1 Å². The molecular formula is C15H26BrNO2. The van der Waals surface area contributed by atoms with E-state index in [4.69, 9.17) is 0 Å². The highest BCUT2D eigenvalue weighted by atomic mass is 79.9. The molecule has 0 N–H and O–H groups in total. The van der Waals surface area contributed by atoms with Gasteiger partial charge >= 0.3 is 0 Å². The summed E-state index contributed by atoms with van der Waals surface area (Å²) >= 11 is 3.33. The van der Waals surface area contributed by atoms with Crippen LogP contribution < -0.4 is 0 Å². The fraction of sp³-hybridized carbons (Fsp3) is 0.867. The summed E-state index contributed by atoms with van der Waals surface area (Å²) in [6, 6.07) is 0. The number of halogens is 1. The molecule has 0 saturated carbocycles. The smallest absolute Gasteiger partial charge is 0.243 e. The predicted octanol–water partition coefficient (Wildman–Crippen LogP) is 3.75. The molecule has 2 amide bonds. The zero-order valence-electron chi connectivity index (χ0n) is 12.7. The van der Waals surface area contributed by atoms with E-state index in [1.807, 2.05) is 0 Å². The summed E-state index contributed by atoms with van der Waals surface area (Å²) in [6.07, 6.45) is 3.28. The van der Waals surface area contributed by atoms with Crippen molar-refractivity contribution in [1.29, 1.82) is 0 Å². The van der Waals surface area contributed by atoms with Gasteiger partial charge in [0.1, 0.15) is 0 Å². The average molecular weight is 332 g/mol. The number of nitrogens with zero attached hydrogens (tertiary/aromatic N) is 1. The van der Waals surface area contributed by atoms with E-state index in [0.29, 0.717) is 18.3 Å². The Hall–Kier alpha value is -0.380. The highest BCUT2D eigenvalue weighted by molar-refractivity contribution is 9.10. The molecule has 0 aromatic carbocycles. The van der Waals surface area contributed by atoms with Gasteiger partial charge in [-0.2, -0.15) is 0 Å². The molecular weight excluding hydrogens is 306 g/mol. The van der Waals surface area contributed by atoms with Crippen LogP contribution >= 0.6 is 15.9 Å². The summed E-state index contributed by atoms with van der Waals surface area (Å²) in [4.78, 5) is 26.0. The fourth-order valence-corrected chi connectivity index (χ4v) is 3.60. The second kappa shape index (κ2) is 6.38. The Kier molecular flexibility index (Phi) is 5.60. The van der Waals surface area contributed by atoms with Crippen LogP contribution in [0.2, 0.25) is 0 Å². The first-order valence-corrected chi connectivity index (χ1v) is 8.25. The Morgan fingerprint density at radius 1 is 1.26 bits per heavy atom. The quantitative estimate of drug-likeness (QED) is 0.719. The molecule has 0 aromatic heterocycles. The van der Waals surface area contributed by atoms with E-state index in [9.17, 15) is 9.59 Å². The number of hydrogen-bond donors (Lipinski definition) is 0. The van der Waals surface area contributed by atoms with Gasteiger partial charge in [0.25, 0.3) is 0 Å². The summed E-state index contributed by atoms with van der Waals surface area (Å²) < 4.78 is 0. The number of likely N-dealkylation sites (tertiary alicyclic amines) is 1. The molecule has 3 unspecified atom stereocenters. The maximum Gasteiger partial charge on any atom is 0.243 e. The van der Waals surface area contributed by atoms with Crippen molar-refractivity contribution in [3.63, 3.8) is 0 Å². The molecule has 1 aliphatic rings. The predicted molar refractivity (Wildman–Crippen MR) is 81.1 cm³/mol. The molecule has 0 radical (unpaired) electrons. The zero-order chi connectivity index (χ0) is 14.8. The monoisotopic (exact) mass is 331 g/mol. The third-order valence-electron chi connectivity index (χ3n) is 4.90. The zero-order valence-corrected chi connectivity index (χ0v) is 14.3. The third-order valence-corrected chi connectivity index (χ3v) is 5.29. The first-order valence-electron chi connectivity index (χ1n) is 7.33. The number of hydrogen-bond acceptors (Lipinski definition) is 2. The van der Waals surface area contributed by atoms with Gasteiger partial charge in [0.05, 0.1) is 10.4 Å². The van der Waals surface area contributed by atoms with Crippen molar-refractivity contribution in [3.05, 3.63) is 0 Å². The Bertz CT molecular complexity index is 344. The van der Waals surface area contributed by atoms with Crippen LogP contribution in [0.3, 0.4) is 0 Å². The van der Waals surface area contributed by atoms with Crippen LogP contribution in [0.25, 0.3) is 0 Å². The van der Waals surface area contributed by atoms with E-state index in [0.717, 1.165) is 19.3 Å². The van der Waals surface area contributed by atoms with E-state index >= 15 is 0 Å². The Labute approximate surface area is 125 Å². The number of carbonyl (C=O) groups is 2. The Balaban J connectivity index is 3.27. The lowest BCUT2D eigenvalue weighted by molar-refractivity contribution is -0.151. The molecule has 3 nitrogen and oxygen atoms in total. The lowest BCUT2D eigenvalue weighted by Crippen LogP contribution is -2.58. The van der Waals surface area contributed by atoms with E-state index in [1.165, 1.54) is 0 Å². The van der Waals surface area contributed by atoms with Crippen molar-refractivity contribution < 1.29 is 9.59 Å². The normalized spacial score (nSPS) is 28.3. The van der Waals surface area contributed by atoms with Crippen molar-refractivity contribution >= 4 is 27.7 Å². The molecule has 0 bridgehead atoms. The number of amides is 2. The molecule has 1 aliphatic heterocycles. The summed E-state index contributed by atoms with van der Waals surface area (Å²) in [6.45, 7) is 10.4. The maximum atomic E-state index is 12.5. The minimum atomic E-state index is -0.304. The molecule has 0 spiro atoms. The minimum absolute atomic E-state index is 0.00287. The van der Waals surface area contributed by atoms with Crippen LogP contribution in [0.15, 0.2) is 0 Å². The molecule has 4 heteroatoms. The fourth-order valence-electron chi connectivity index (χ4n) is 3.40. The maximum absolute atomic E-state index is 12.5. The molecule has 3 atom stereocenters. The standard InChI is InChI=1S/C15H26BrNO2/c1-6-10(3)15(11(4)7-2)9-8-13(18)17(15)14(19)12(5)16/h10-12H,6-9H2,1-5H3.